The van der Waals surface area contributed by atoms with Gasteiger partial charge in [-0.15, -0.1) is 0 Å². The van der Waals surface area contributed by atoms with E-state index in [4.69, 9.17) is 13.6 Å². The predicted molar refractivity (Wildman–Crippen MR) is 203 cm³/mol. The molecule has 224 valence electrons. The SMILES string of the molecule is CC(Br)C(Br)(Br)c1ccccc1OP(=O)(Oc1ccccc1C(Br)(Br)C(C)Br)Oc1ccccc1C(Br)(Br)C(C)Br. The summed E-state index contributed by atoms with van der Waals surface area (Å²) in [5.41, 5.74) is 2.06. The molecule has 0 radical (unpaired) electrons. The summed E-state index contributed by atoms with van der Waals surface area (Å²) >= 11 is 33.3. The summed E-state index contributed by atoms with van der Waals surface area (Å²) in [5, 5.41) is 0. The molecular weight excluding hydrogens is 1140 g/mol. The third-order valence-electron chi connectivity index (χ3n) is 5.87. The summed E-state index contributed by atoms with van der Waals surface area (Å²) in [7, 11) is -4.44. The van der Waals surface area contributed by atoms with Crippen molar-refractivity contribution in [3.63, 3.8) is 0 Å². The molecule has 0 aliphatic heterocycles. The van der Waals surface area contributed by atoms with Gasteiger partial charge in [0.05, 0.1) is 0 Å². The van der Waals surface area contributed by atoms with E-state index in [1.807, 2.05) is 57.2 Å². The van der Waals surface area contributed by atoms with Gasteiger partial charge in [-0.3, -0.25) is 0 Å². The fourth-order valence-electron chi connectivity index (χ4n) is 3.52. The maximum absolute atomic E-state index is 14.9. The quantitative estimate of drug-likeness (QED) is 0.134. The molecule has 3 rings (SSSR count). The van der Waals surface area contributed by atoms with E-state index in [9.17, 15) is 4.57 Å². The van der Waals surface area contributed by atoms with E-state index in [0.717, 1.165) is 0 Å². The zero-order chi connectivity index (χ0) is 30.8. The molecule has 4 nitrogen and oxygen atoms in total. The normalized spacial score (nSPS) is 16.3. The molecular formula is C27H24Br9O4P. The Bertz CT molecular complexity index is 1230. The van der Waals surface area contributed by atoms with E-state index in [2.05, 4.69) is 143 Å². The van der Waals surface area contributed by atoms with Crippen molar-refractivity contribution in [1.29, 1.82) is 0 Å². The van der Waals surface area contributed by atoms with Crippen molar-refractivity contribution in [1.82, 2.24) is 0 Å². The van der Waals surface area contributed by atoms with Gasteiger partial charge in [0.15, 0.2) is 0 Å². The molecule has 41 heavy (non-hydrogen) atoms. The van der Waals surface area contributed by atoms with Gasteiger partial charge in [-0.05, 0) is 18.2 Å². The first-order chi connectivity index (χ1) is 18.9. The van der Waals surface area contributed by atoms with Gasteiger partial charge in [-0.2, -0.15) is 4.57 Å². The van der Waals surface area contributed by atoms with Crippen LogP contribution in [0.15, 0.2) is 72.8 Å². The minimum atomic E-state index is -4.44. The van der Waals surface area contributed by atoms with Gasteiger partial charge in [-0.25, -0.2) is 0 Å². The topological polar surface area (TPSA) is 44.8 Å². The van der Waals surface area contributed by atoms with Crippen LogP contribution in [0.25, 0.3) is 0 Å². The van der Waals surface area contributed by atoms with Crippen LogP contribution < -0.4 is 13.6 Å². The Balaban J connectivity index is 2.21. The van der Waals surface area contributed by atoms with E-state index >= 15 is 0 Å². The van der Waals surface area contributed by atoms with Gasteiger partial charge in [0, 0.05) is 31.2 Å². The number of phosphoric ester groups is 1. The molecule has 0 fully saturated rings. The van der Waals surface area contributed by atoms with E-state index in [1.165, 1.54) is 0 Å². The highest BCUT2D eigenvalue weighted by molar-refractivity contribution is 9.26. The Hall–Kier alpha value is 1.61. The molecule has 3 aromatic rings. The van der Waals surface area contributed by atoms with Gasteiger partial charge in [0.2, 0.25) is 0 Å². The van der Waals surface area contributed by atoms with Crippen LogP contribution in [-0.2, 0) is 14.3 Å². The number of hydrogen-bond donors (Lipinski definition) is 0. The van der Waals surface area contributed by atoms with Crippen molar-refractivity contribution in [2.24, 2.45) is 0 Å². The van der Waals surface area contributed by atoms with Crippen LogP contribution in [0.2, 0.25) is 0 Å². The second-order valence-electron chi connectivity index (χ2n) is 8.93. The monoisotopic (exact) mass is 1150 g/mol. The first kappa shape index (κ1) is 37.1. The molecule has 0 aliphatic rings. The van der Waals surface area contributed by atoms with Crippen LogP contribution in [0, 0.1) is 0 Å². The smallest absolute Gasteiger partial charge is 0.386 e. The maximum atomic E-state index is 14.9. The molecule has 0 bridgehead atoms. The lowest BCUT2D eigenvalue weighted by molar-refractivity contribution is 0.295. The standard InChI is InChI=1S/C27H24Br9O4P/c1-16(28)25(31,32)19-10-4-7-13-22(19)38-41(37,39-23-14-8-5-11-20(23)26(33,34)17(2)29)40-24-15-9-6-12-21(24)27(35,36)18(3)30/h4-18H,1-3H3. The van der Waals surface area contributed by atoms with Crippen LogP contribution in [0.4, 0.5) is 0 Å². The minimum absolute atomic E-state index is 0.0759. The van der Waals surface area contributed by atoms with Gasteiger partial charge in [0.25, 0.3) is 0 Å². The Morgan fingerprint density at radius 3 is 0.951 bits per heavy atom. The predicted octanol–water partition coefficient (Wildman–Crippen LogP) is 13.5. The number of hydrogen-bond acceptors (Lipinski definition) is 4. The highest BCUT2D eigenvalue weighted by Gasteiger charge is 2.43. The molecule has 0 saturated heterocycles. The lowest BCUT2D eigenvalue weighted by Gasteiger charge is -2.31. The van der Waals surface area contributed by atoms with Crippen LogP contribution >= 0.6 is 151 Å². The van der Waals surface area contributed by atoms with Crippen molar-refractivity contribution in [2.75, 3.05) is 0 Å². The highest BCUT2D eigenvalue weighted by Crippen LogP contribution is 2.58. The average molecular weight is 1160 g/mol. The fourth-order valence-corrected chi connectivity index (χ4v) is 7.54. The third-order valence-corrected chi connectivity index (χ3v) is 19.6. The van der Waals surface area contributed by atoms with Gasteiger partial charge in [-0.1, -0.05) is 219 Å². The van der Waals surface area contributed by atoms with Gasteiger partial charge < -0.3 is 13.6 Å². The van der Waals surface area contributed by atoms with Crippen molar-refractivity contribution in [3.8, 4) is 17.2 Å². The summed E-state index contributed by atoms with van der Waals surface area (Å²) in [4.78, 5) is -0.228. The first-order valence-electron chi connectivity index (χ1n) is 12.0. The van der Waals surface area contributed by atoms with Crippen LogP contribution in [-0.4, -0.2) is 14.5 Å². The molecule has 0 saturated carbocycles. The van der Waals surface area contributed by atoms with Crippen molar-refractivity contribution >= 4 is 151 Å². The number of alkyl halides is 9. The van der Waals surface area contributed by atoms with E-state index < -0.39 is 17.5 Å². The number of phosphoric acid groups is 1. The molecule has 0 spiro atoms. The Morgan fingerprint density at radius 2 is 0.732 bits per heavy atom. The summed E-state index contributed by atoms with van der Waals surface area (Å²) in [6.07, 6.45) is 0. The van der Waals surface area contributed by atoms with Crippen molar-refractivity contribution in [3.05, 3.63) is 89.5 Å². The summed E-state index contributed by atoms with van der Waals surface area (Å²) in [5.74, 6) is 0.921. The molecule has 0 N–H and O–H groups in total. The number of rotatable bonds is 12. The van der Waals surface area contributed by atoms with Gasteiger partial charge in [0.1, 0.15) is 26.9 Å². The summed E-state index contributed by atoms with van der Waals surface area (Å²) < 4.78 is 31.5. The molecule has 0 amide bonds. The van der Waals surface area contributed by atoms with Crippen molar-refractivity contribution < 1.29 is 18.1 Å². The summed E-state index contributed by atoms with van der Waals surface area (Å²) in [6, 6.07) is 21.8. The molecule has 0 heterocycles. The van der Waals surface area contributed by atoms with Crippen molar-refractivity contribution in [2.45, 2.75) is 45.0 Å². The number of halogens is 9. The number of para-hydroxylation sites is 3. The lowest BCUT2D eigenvalue weighted by Crippen LogP contribution is -2.23. The van der Waals surface area contributed by atoms with Crippen LogP contribution in [0.5, 0.6) is 17.2 Å². The van der Waals surface area contributed by atoms with E-state index in [1.54, 1.807) is 36.4 Å². The molecule has 3 aromatic carbocycles. The molecule has 14 heteroatoms. The zero-order valence-electron chi connectivity index (χ0n) is 21.6. The third kappa shape index (κ3) is 8.91. The van der Waals surface area contributed by atoms with Crippen LogP contribution in [0.3, 0.4) is 0 Å². The van der Waals surface area contributed by atoms with Gasteiger partial charge >= 0.3 is 7.82 Å². The number of benzene rings is 3. The lowest BCUT2D eigenvalue weighted by atomic mass is 10.1. The second kappa shape index (κ2) is 15.0. The fraction of sp³-hybridized carbons (Fsp3) is 0.333. The molecule has 3 atom stereocenters. The Morgan fingerprint density at radius 1 is 0.512 bits per heavy atom. The average Bonchev–Trinajstić information content (AvgIpc) is 2.88. The first-order valence-corrected chi connectivity index (χ1v) is 20.9. The second-order valence-corrected chi connectivity index (χ2v) is 25.2. The molecule has 0 aliphatic carbocycles. The Labute approximate surface area is 317 Å². The minimum Gasteiger partial charge on any atom is -0.386 e. The van der Waals surface area contributed by atoms with E-state index in [0.29, 0.717) is 33.9 Å². The van der Waals surface area contributed by atoms with E-state index in [-0.39, 0.29) is 14.5 Å². The molecule has 3 unspecified atom stereocenters. The van der Waals surface area contributed by atoms with Crippen LogP contribution in [0.1, 0.15) is 37.5 Å². The Kier molecular flexibility index (Phi) is 13.6. The molecule has 0 aromatic heterocycles. The maximum Gasteiger partial charge on any atom is 0.647 e. The highest BCUT2D eigenvalue weighted by atomic mass is 79.9. The zero-order valence-corrected chi connectivity index (χ0v) is 36.8. The largest absolute Gasteiger partial charge is 0.647 e. The summed E-state index contributed by atoms with van der Waals surface area (Å²) in [6.45, 7) is 5.91.